The number of aliphatic hydroxyl groups is 2. The first-order valence-corrected chi connectivity index (χ1v) is 12.2. The van der Waals surface area contributed by atoms with Gasteiger partial charge in [0.25, 0.3) is 0 Å². The van der Waals surface area contributed by atoms with Gasteiger partial charge < -0.3 is 34.4 Å². The van der Waals surface area contributed by atoms with E-state index in [2.05, 4.69) is 20.3 Å². The predicted octanol–water partition coefficient (Wildman–Crippen LogP) is 1.25. The molecule has 0 bridgehead atoms. The van der Waals surface area contributed by atoms with Crippen LogP contribution in [0.2, 0.25) is 0 Å². The summed E-state index contributed by atoms with van der Waals surface area (Å²) < 4.78 is 29.0. The third kappa shape index (κ3) is 5.39. The van der Waals surface area contributed by atoms with Crippen molar-refractivity contribution in [3.8, 4) is 0 Å². The monoisotopic (exact) mass is 479 g/mol. The fourth-order valence-corrected chi connectivity index (χ4v) is 4.38. The molecule has 1 saturated heterocycles. The van der Waals surface area contributed by atoms with E-state index in [1.165, 1.54) is 17.2 Å². The maximum absolute atomic E-state index is 11.7. The molecule has 0 amide bonds. The number of fused-ring (bicyclic) bond motifs is 1. The molecule has 1 aliphatic heterocycles. The van der Waals surface area contributed by atoms with Crippen molar-refractivity contribution in [2.45, 2.75) is 38.0 Å². The van der Waals surface area contributed by atoms with Gasteiger partial charge in [-0.25, -0.2) is 15.0 Å². The molecule has 5 atom stereocenters. The molecule has 4 rings (SSSR count). The molecule has 0 radical (unpaired) electrons. The second-order valence-electron chi connectivity index (χ2n) is 7.49. The third-order valence-electron chi connectivity index (χ3n) is 5.14. The van der Waals surface area contributed by atoms with Crippen LogP contribution in [0.3, 0.4) is 0 Å². The molecular formula is C20H26N5O7P. The average Bonchev–Trinajstić information content (AvgIpc) is 3.35. The smallest absolute Gasteiger partial charge is 0.353 e. The highest BCUT2D eigenvalue weighted by Gasteiger charge is 2.44. The molecule has 1 aliphatic rings. The molecule has 3 heterocycles. The van der Waals surface area contributed by atoms with Crippen molar-refractivity contribution < 1.29 is 33.7 Å². The van der Waals surface area contributed by atoms with Crippen molar-refractivity contribution in [3.63, 3.8) is 0 Å². The lowest BCUT2D eigenvalue weighted by Crippen LogP contribution is -2.34. The van der Waals surface area contributed by atoms with Gasteiger partial charge in [-0.2, -0.15) is 0 Å². The summed E-state index contributed by atoms with van der Waals surface area (Å²) in [6.45, 7) is 1.99. The Morgan fingerprint density at radius 3 is 2.73 bits per heavy atom. The molecular weight excluding hydrogens is 453 g/mol. The fourth-order valence-electron chi connectivity index (χ4n) is 3.57. The first-order chi connectivity index (χ1) is 15.9. The van der Waals surface area contributed by atoms with Crippen LogP contribution in [-0.2, 0) is 25.1 Å². The average molecular weight is 479 g/mol. The van der Waals surface area contributed by atoms with Crippen molar-refractivity contribution in [2.75, 3.05) is 24.9 Å². The highest BCUT2D eigenvalue weighted by molar-refractivity contribution is 7.52. The molecule has 0 aliphatic carbocycles. The van der Waals surface area contributed by atoms with Gasteiger partial charge in [-0.15, -0.1) is 0 Å². The van der Waals surface area contributed by atoms with E-state index in [1.54, 1.807) is 6.92 Å². The van der Waals surface area contributed by atoms with Crippen LogP contribution >= 0.6 is 7.60 Å². The first kappa shape index (κ1) is 23.7. The number of imidazole rings is 1. The van der Waals surface area contributed by atoms with Crippen molar-refractivity contribution in [3.05, 3.63) is 48.5 Å². The Morgan fingerprint density at radius 1 is 1.18 bits per heavy atom. The van der Waals surface area contributed by atoms with Gasteiger partial charge in [0, 0.05) is 6.54 Å². The fraction of sp³-hybridized carbons (Fsp3) is 0.450. The number of benzene rings is 1. The maximum Gasteiger partial charge on any atom is 0.353 e. The summed E-state index contributed by atoms with van der Waals surface area (Å²) in [6, 6.07) is 9.80. The molecule has 3 aromatic rings. The largest absolute Gasteiger partial charge is 0.387 e. The highest BCUT2D eigenvalue weighted by atomic mass is 31.2. The first-order valence-electron chi connectivity index (χ1n) is 10.4. The van der Waals surface area contributed by atoms with Crippen LogP contribution in [0.25, 0.3) is 11.2 Å². The van der Waals surface area contributed by atoms with Crippen LogP contribution in [0.4, 0.5) is 5.82 Å². The van der Waals surface area contributed by atoms with Crippen LogP contribution in [0, 0.1) is 0 Å². The summed E-state index contributed by atoms with van der Waals surface area (Å²) in [5.41, 5.74) is 1.96. The van der Waals surface area contributed by atoms with E-state index in [1.807, 2.05) is 30.3 Å². The van der Waals surface area contributed by atoms with E-state index in [0.29, 0.717) is 23.5 Å². The van der Waals surface area contributed by atoms with E-state index < -0.39 is 38.5 Å². The minimum Gasteiger partial charge on any atom is -0.387 e. The van der Waals surface area contributed by atoms with Gasteiger partial charge in [0.05, 0.1) is 19.5 Å². The van der Waals surface area contributed by atoms with Gasteiger partial charge in [-0.05, 0) is 12.5 Å². The summed E-state index contributed by atoms with van der Waals surface area (Å²) in [6.07, 6.45) is -2.21. The second kappa shape index (κ2) is 10.2. The summed E-state index contributed by atoms with van der Waals surface area (Å²) in [5, 5.41) is 24.2. The SMILES string of the molecule is CCOP(=O)(O)COC[C@H]1O[C@@H](n2cnc3c(NCc4ccccc4)ncnc32)[C@H](O)[C@@H]1O. The molecule has 1 fully saturated rings. The van der Waals surface area contributed by atoms with Crippen molar-refractivity contribution in [1.29, 1.82) is 0 Å². The zero-order valence-corrected chi connectivity index (χ0v) is 18.8. The van der Waals surface area contributed by atoms with E-state index in [4.69, 9.17) is 14.0 Å². The third-order valence-corrected chi connectivity index (χ3v) is 6.31. The molecule has 12 nitrogen and oxygen atoms in total. The van der Waals surface area contributed by atoms with Crippen LogP contribution < -0.4 is 5.32 Å². The van der Waals surface area contributed by atoms with Crippen LogP contribution in [-0.4, -0.2) is 72.5 Å². The Hall–Kier alpha value is -2.44. The summed E-state index contributed by atoms with van der Waals surface area (Å²) in [7, 11) is -3.88. The van der Waals surface area contributed by atoms with E-state index >= 15 is 0 Å². The standard InChI is InChI=1S/C20H26N5O7P/c1-2-31-33(28,29)12-30-9-14-16(26)17(27)20(32-14)25-11-24-15-18(22-10-23-19(15)25)21-8-13-6-4-3-5-7-13/h3-7,10-11,14,16-17,20,26-27H,2,8-9,12H2,1H3,(H,28,29)(H,21,22,23)/t14-,16-,17-,20-/m1/s1. The van der Waals surface area contributed by atoms with Crippen molar-refractivity contribution in [2.24, 2.45) is 0 Å². The topological polar surface area (TPSA) is 161 Å². The van der Waals surface area contributed by atoms with Crippen LogP contribution in [0.1, 0.15) is 18.7 Å². The van der Waals surface area contributed by atoms with Gasteiger partial charge in [-0.1, -0.05) is 30.3 Å². The minimum absolute atomic E-state index is 0.0677. The number of anilines is 1. The molecule has 1 unspecified atom stereocenters. The Balaban J connectivity index is 1.45. The normalized spacial score (nSPS) is 24.7. The number of rotatable bonds is 10. The van der Waals surface area contributed by atoms with Gasteiger partial charge in [0.1, 0.15) is 31.0 Å². The number of nitrogens with zero attached hydrogens (tertiary/aromatic N) is 4. The second-order valence-corrected chi connectivity index (χ2v) is 9.28. The molecule has 2 aromatic heterocycles. The van der Waals surface area contributed by atoms with Crippen molar-refractivity contribution in [1.82, 2.24) is 19.5 Å². The number of hydrogen-bond donors (Lipinski definition) is 4. The van der Waals surface area contributed by atoms with Gasteiger partial charge in [0.2, 0.25) is 0 Å². The molecule has 4 N–H and O–H groups in total. The molecule has 13 heteroatoms. The number of hydrogen-bond acceptors (Lipinski definition) is 10. The van der Waals surface area contributed by atoms with Gasteiger partial charge >= 0.3 is 7.60 Å². The van der Waals surface area contributed by atoms with E-state index in [9.17, 15) is 19.7 Å². The van der Waals surface area contributed by atoms with Gasteiger partial charge in [0.15, 0.2) is 23.2 Å². The predicted molar refractivity (Wildman–Crippen MR) is 117 cm³/mol. The number of aliphatic hydroxyl groups excluding tert-OH is 2. The quantitative estimate of drug-likeness (QED) is 0.310. The van der Waals surface area contributed by atoms with Gasteiger partial charge in [-0.3, -0.25) is 9.13 Å². The lowest BCUT2D eigenvalue weighted by Gasteiger charge is -2.17. The summed E-state index contributed by atoms with van der Waals surface area (Å²) >= 11 is 0. The molecule has 0 saturated carbocycles. The Bertz CT molecular complexity index is 1110. The van der Waals surface area contributed by atoms with E-state index in [0.717, 1.165) is 5.56 Å². The minimum atomic E-state index is -3.88. The van der Waals surface area contributed by atoms with Crippen LogP contribution in [0.5, 0.6) is 0 Å². The number of aromatic nitrogens is 4. The Morgan fingerprint density at radius 2 is 1.97 bits per heavy atom. The lowest BCUT2D eigenvalue weighted by molar-refractivity contribution is -0.0615. The molecule has 0 spiro atoms. The molecule has 178 valence electrons. The number of nitrogens with one attached hydrogen (secondary N) is 1. The zero-order valence-electron chi connectivity index (χ0n) is 17.9. The highest BCUT2D eigenvalue weighted by Crippen LogP contribution is 2.41. The Labute approximate surface area is 189 Å². The van der Waals surface area contributed by atoms with Crippen molar-refractivity contribution >= 4 is 24.6 Å². The summed E-state index contributed by atoms with van der Waals surface area (Å²) in [5.74, 6) is 0.519. The Kier molecular flexibility index (Phi) is 7.35. The lowest BCUT2D eigenvalue weighted by atomic mass is 10.1. The molecule has 1 aromatic carbocycles. The maximum atomic E-state index is 11.7. The number of ether oxygens (including phenoxy) is 2. The van der Waals surface area contributed by atoms with E-state index in [-0.39, 0.29) is 13.2 Å². The summed E-state index contributed by atoms with van der Waals surface area (Å²) in [4.78, 5) is 22.5. The van der Waals surface area contributed by atoms with Crippen LogP contribution in [0.15, 0.2) is 43.0 Å². The zero-order chi connectivity index (χ0) is 23.4. The molecule has 33 heavy (non-hydrogen) atoms.